The van der Waals surface area contributed by atoms with E-state index in [1.165, 1.54) is 24.0 Å². The van der Waals surface area contributed by atoms with Crippen LogP contribution in [-0.2, 0) is 16.0 Å². The third-order valence-electron chi connectivity index (χ3n) is 4.22. The number of aryl methyl sites for hydroxylation is 2. The standard InChI is InChI=1S/C17H25NO2/c1-14-6-3-4-8-16(14)10-9-15-7-5-11-18(12-15)17(19)13-20-2/h3-4,6,8,15H,5,7,9-13H2,1-2H3/t15-/m0/s1. The molecule has 1 atom stereocenters. The minimum atomic E-state index is 0.132. The fourth-order valence-electron chi connectivity index (χ4n) is 2.99. The molecule has 1 saturated heterocycles. The van der Waals surface area contributed by atoms with Crippen molar-refractivity contribution in [2.75, 3.05) is 26.8 Å². The molecule has 0 aromatic heterocycles. The third-order valence-corrected chi connectivity index (χ3v) is 4.22. The number of piperidine rings is 1. The monoisotopic (exact) mass is 275 g/mol. The number of benzene rings is 1. The molecule has 1 aliphatic heterocycles. The van der Waals surface area contributed by atoms with E-state index in [9.17, 15) is 4.79 Å². The molecule has 1 fully saturated rings. The first-order valence-electron chi connectivity index (χ1n) is 7.52. The summed E-state index contributed by atoms with van der Waals surface area (Å²) in [4.78, 5) is 13.8. The second-order valence-corrected chi connectivity index (χ2v) is 5.75. The van der Waals surface area contributed by atoms with Crippen LogP contribution >= 0.6 is 0 Å². The maximum atomic E-state index is 11.9. The number of hydrogen-bond donors (Lipinski definition) is 0. The molecule has 0 bridgehead atoms. The van der Waals surface area contributed by atoms with Crippen molar-refractivity contribution in [2.45, 2.75) is 32.6 Å². The molecule has 0 saturated carbocycles. The summed E-state index contributed by atoms with van der Waals surface area (Å²) in [6, 6.07) is 8.58. The number of rotatable bonds is 5. The average molecular weight is 275 g/mol. The Kier molecular flexibility index (Phi) is 5.60. The van der Waals surface area contributed by atoms with Crippen LogP contribution in [0.5, 0.6) is 0 Å². The molecule has 0 spiro atoms. The number of nitrogens with zero attached hydrogens (tertiary/aromatic N) is 1. The minimum Gasteiger partial charge on any atom is -0.375 e. The summed E-state index contributed by atoms with van der Waals surface area (Å²) in [6.45, 7) is 4.17. The quantitative estimate of drug-likeness (QED) is 0.827. The highest BCUT2D eigenvalue weighted by molar-refractivity contribution is 5.77. The van der Waals surface area contributed by atoms with Gasteiger partial charge in [-0.05, 0) is 49.7 Å². The van der Waals surface area contributed by atoms with Crippen molar-refractivity contribution in [1.82, 2.24) is 4.90 Å². The number of carbonyl (C=O) groups excluding carboxylic acids is 1. The molecule has 0 unspecified atom stereocenters. The van der Waals surface area contributed by atoms with Crippen molar-refractivity contribution in [1.29, 1.82) is 0 Å². The Morgan fingerprint density at radius 3 is 2.95 bits per heavy atom. The maximum Gasteiger partial charge on any atom is 0.248 e. The van der Waals surface area contributed by atoms with Crippen LogP contribution in [0.25, 0.3) is 0 Å². The molecule has 0 aliphatic carbocycles. The first-order valence-corrected chi connectivity index (χ1v) is 7.52. The highest BCUT2D eigenvalue weighted by Gasteiger charge is 2.23. The summed E-state index contributed by atoms with van der Waals surface area (Å²) in [5.74, 6) is 0.761. The Hall–Kier alpha value is -1.35. The summed E-state index contributed by atoms with van der Waals surface area (Å²) in [5.41, 5.74) is 2.81. The van der Waals surface area contributed by atoms with Crippen LogP contribution in [0.1, 0.15) is 30.4 Å². The van der Waals surface area contributed by atoms with Crippen LogP contribution in [0.15, 0.2) is 24.3 Å². The largest absolute Gasteiger partial charge is 0.375 e. The number of amides is 1. The molecule has 1 aromatic rings. The van der Waals surface area contributed by atoms with Crippen molar-refractivity contribution in [2.24, 2.45) is 5.92 Å². The second kappa shape index (κ2) is 7.44. The van der Waals surface area contributed by atoms with Gasteiger partial charge in [-0.2, -0.15) is 0 Å². The smallest absolute Gasteiger partial charge is 0.248 e. The van der Waals surface area contributed by atoms with Crippen LogP contribution in [-0.4, -0.2) is 37.6 Å². The molecule has 110 valence electrons. The molecule has 3 heteroatoms. The lowest BCUT2D eigenvalue weighted by molar-refractivity contribution is -0.137. The number of carbonyl (C=O) groups is 1. The lowest BCUT2D eigenvalue weighted by Gasteiger charge is -2.32. The lowest BCUT2D eigenvalue weighted by Crippen LogP contribution is -2.41. The summed E-state index contributed by atoms with van der Waals surface area (Å²) in [6.07, 6.45) is 4.64. The normalized spacial score (nSPS) is 19.1. The molecule has 2 rings (SSSR count). The molecule has 1 aromatic carbocycles. The summed E-state index contributed by atoms with van der Waals surface area (Å²) in [7, 11) is 1.58. The molecular weight excluding hydrogens is 250 g/mol. The van der Waals surface area contributed by atoms with E-state index in [-0.39, 0.29) is 12.5 Å². The predicted octanol–water partition coefficient (Wildman–Crippen LogP) is 2.81. The van der Waals surface area contributed by atoms with E-state index in [0.29, 0.717) is 5.92 Å². The third kappa shape index (κ3) is 4.07. The molecule has 0 N–H and O–H groups in total. The lowest BCUT2D eigenvalue weighted by atomic mass is 9.90. The molecule has 0 radical (unpaired) electrons. The number of ether oxygens (including phenoxy) is 1. The zero-order valence-corrected chi connectivity index (χ0v) is 12.6. The second-order valence-electron chi connectivity index (χ2n) is 5.75. The highest BCUT2D eigenvalue weighted by atomic mass is 16.5. The van der Waals surface area contributed by atoms with Gasteiger partial charge in [-0.1, -0.05) is 24.3 Å². The van der Waals surface area contributed by atoms with Crippen molar-refractivity contribution in [3.63, 3.8) is 0 Å². The van der Waals surface area contributed by atoms with E-state index in [1.807, 2.05) is 4.90 Å². The molecule has 1 amide bonds. The van der Waals surface area contributed by atoms with E-state index >= 15 is 0 Å². The van der Waals surface area contributed by atoms with Gasteiger partial charge in [-0.25, -0.2) is 0 Å². The van der Waals surface area contributed by atoms with Crippen LogP contribution in [0.3, 0.4) is 0 Å². The van der Waals surface area contributed by atoms with Gasteiger partial charge in [0.05, 0.1) is 0 Å². The molecule has 20 heavy (non-hydrogen) atoms. The van der Waals surface area contributed by atoms with Crippen LogP contribution in [0.2, 0.25) is 0 Å². The van der Waals surface area contributed by atoms with Crippen molar-refractivity contribution < 1.29 is 9.53 Å². The fraction of sp³-hybridized carbons (Fsp3) is 0.588. The van der Waals surface area contributed by atoms with Crippen molar-refractivity contribution in [3.05, 3.63) is 35.4 Å². The van der Waals surface area contributed by atoms with Gasteiger partial charge < -0.3 is 9.64 Å². The number of hydrogen-bond acceptors (Lipinski definition) is 2. The van der Waals surface area contributed by atoms with Crippen molar-refractivity contribution in [3.8, 4) is 0 Å². The number of likely N-dealkylation sites (tertiary alicyclic amines) is 1. The Labute approximate surface area is 121 Å². The highest BCUT2D eigenvalue weighted by Crippen LogP contribution is 2.22. The number of methoxy groups -OCH3 is 1. The molecule has 3 nitrogen and oxygen atoms in total. The Morgan fingerprint density at radius 1 is 1.40 bits per heavy atom. The maximum absolute atomic E-state index is 11.9. The van der Waals surface area contributed by atoms with Gasteiger partial charge in [0.2, 0.25) is 5.91 Å². The summed E-state index contributed by atoms with van der Waals surface area (Å²) in [5, 5.41) is 0. The topological polar surface area (TPSA) is 29.5 Å². The molecule has 1 aliphatic rings. The minimum absolute atomic E-state index is 0.132. The van der Waals surface area contributed by atoms with Gasteiger partial charge in [0, 0.05) is 20.2 Å². The average Bonchev–Trinajstić information content (AvgIpc) is 2.47. The van der Waals surface area contributed by atoms with Gasteiger partial charge in [-0.15, -0.1) is 0 Å². The Morgan fingerprint density at radius 2 is 2.20 bits per heavy atom. The van der Waals surface area contributed by atoms with Crippen LogP contribution in [0, 0.1) is 12.8 Å². The van der Waals surface area contributed by atoms with E-state index in [1.54, 1.807) is 7.11 Å². The Bertz CT molecular complexity index is 444. The van der Waals surface area contributed by atoms with E-state index in [0.717, 1.165) is 25.9 Å². The zero-order chi connectivity index (χ0) is 14.4. The predicted molar refractivity (Wildman–Crippen MR) is 80.7 cm³/mol. The zero-order valence-electron chi connectivity index (χ0n) is 12.6. The summed E-state index contributed by atoms with van der Waals surface area (Å²) >= 11 is 0. The molecular formula is C17H25NO2. The van der Waals surface area contributed by atoms with Gasteiger partial charge in [-0.3, -0.25) is 4.79 Å². The first-order chi connectivity index (χ1) is 9.70. The van der Waals surface area contributed by atoms with E-state index in [2.05, 4.69) is 31.2 Å². The fourth-order valence-corrected chi connectivity index (χ4v) is 2.99. The SMILES string of the molecule is COCC(=O)N1CCC[C@@H](CCc2ccccc2C)C1. The van der Waals surface area contributed by atoms with Crippen LogP contribution < -0.4 is 0 Å². The molecule has 1 heterocycles. The van der Waals surface area contributed by atoms with E-state index in [4.69, 9.17) is 4.74 Å². The summed E-state index contributed by atoms with van der Waals surface area (Å²) < 4.78 is 4.95. The Balaban J connectivity index is 1.84. The van der Waals surface area contributed by atoms with Gasteiger partial charge >= 0.3 is 0 Å². The van der Waals surface area contributed by atoms with E-state index < -0.39 is 0 Å². The van der Waals surface area contributed by atoms with Gasteiger partial charge in [0.15, 0.2) is 0 Å². The van der Waals surface area contributed by atoms with Gasteiger partial charge in [0.25, 0.3) is 0 Å². The van der Waals surface area contributed by atoms with Crippen LogP contribution in [0.4, 0.5) is 0 Å². The van der Waals surface area contributed by atoms with Gasteiger partial charge in [0.1, 0.15) is 6.61 Å². The van der Waals surface area contributed by atoms with Crippen molar-refractivity contribution >= 4 is 5.91 Å². The first kappa shape index (κ1) is 15.0.